The average molecular weight is 326 g/mol. The van der Waals surface area contributed by atoms with Crippen LogP contribution in [0.4, 0.5) is 5.69 Å². The van der Waals surface area contributed by atoms with Crippen LogP contribution in [0.1, 0.15) is 13.8 Å². The Morgan fingerprint density at radius 1 is 1.18 bits per heavy atom. The first-order chi connectivity index (χ1) is 10.4. The third kappa shape index (κ3) is 4.42. The van der Waals surface area contributed by atoms with Gasteiger partial charge in [-0.05, 0) is 37.7 Å². The zero-order chi connectivity index (χ0) is 16.2. The zero-order valence-electron chi connectivity index (χ0n) is 13.3. The lowest BCUT2D eigenvalue weighted by Gasteiger charge is -2.37. The number of nitrogens with one attached hydrogen (secondary N) is 1. The van der Waals surface area contributed by atoms with Crippen molar-refractivity contribution < 1.29 is 8.42 Å². The summed E-state index contributed by atoms with van der Waals surface area (Å²) in [7, 11) is -3.47. The monoisotopic (exact) mass is 326 g/mol. The van der Waals surface area contributed by atoms with Gasteiger partial charge in [-0.2, -0.15) is 0 Å². The van der Waals surface area contributed by atoms with Crippen LogP contribution in [-0.2, 0) is 10.0 Å². The van der Waals surface area contributed by atoms with Gasteiger partial charge in [0.15, 0.2) is 0 Å². The Kier molecular flexibility index (Phi) is 5.80. The summed E-state index contributed by atoms with van der Waals surface area (Å²) in [4.78, 5) is 4.99. The molecule has 1 fully saturated rings. The van der Waals surface area contributed by atoms with E-state index in [-0.39, 0.29) is 10.9 Å². The lowest BCUT2D eigenvalue weighted by molar-refractivity contribution is 0.107. The predicted molar refractivity (Wildman–Crippen MR) is 89.2 cm³/mol. The second kappa shape index (κ2) is 7.41. The van der Waals surface area contributed by atoms with Crippen LogP contribution in [-0.4, -0.2) is 63.5 Å². The molecule has 1 aromatic carbocycles. The van der Waals surface area contributed by atoms with E-state index in [4.69, 9.17) is 5.73 Å². The highest BCUT2D eigenvalue weighted by Crippen LogP contribution is 2.12. The number of rotatable bonds is 6. The first-order valence-corrected chi connectivity index (χ1v) is 9.22. The minimum absolute atomic E-state index is 0.183. The zero-order valence-corrected chi connectivity index (χ0v) is 14.1. The number of nitrogen functional groups attached to an aromatic ring is 1. The van der Waals surface area contributed by atoms with Crippen molar-refractivity contribution in [1.82, 2.24) is 14.5 Å². The molecule has 1 aromatic rings. The van der Waals surface area contributed by atoms with Gasteiger partial charge in [0, 0.05) is 44.5 Å². The van der Waals surface area contributed by atoms with Crippen LogP contribution >= 0.6 is 0 Å². The minimum atomic E-state index is -3.47. The van der Waals surface area contributed by atoms with Crippen molar-refractivity contribution in [3.05, 3.63) is 24.3 Å². The first kappa shape index (κ1) is 17.2. The molecule has 22 heavy (non-hydrogen) atoms. The van der Waals surface area contributed by atoms with Crippen molar-refractivity contribution in [1.29, 1.82) is 0 Å². The summed E-state index contributed by atoms with van der Waals surface area (Å²) in [5.74, 6) is 0. The van der Waals surface area contributed by atoms with Gasteiger partial charge in [-0.15, -0.1) is 0 Å². The normalized spacial score (nSPS) is 19.2. The van der Waals surface area contributed by atoms with Gasteiger partial charge in [0.1, 0.15) is 0 Å². The fourth-order valence-electron chi connectivity index (χ4n) is 2.61. The topological polar surface area (TPSA) is 78.7 Å². The molecule has 124 valence electrons. The molecule has 1 aliphatic heterocycles. The van der Waals surface area contributed by atoms with Crippen LogP contribution < -0.4 is 10.5 Å². The Morgan fingerprint density at radius 2 is 1.77 bits per heavy atom. The Balaban J connectivity index is 1.87. The van der Waals surface area contributed by atoms with Gasteiger partial charge in [0.2, 0.25) is 10.0 Å². The summed E-state index contributed by atoms with van der Waals surface area (Å²) in [6.45, 7) is 9.78. The molecule has 3 N–H and O–H groups in total. The van der Waals surface area contributed by atoms with E-state index in [1.54, 1.807) is 12.1 Å². The third-order valence-corrected chi connectivity index (χ3v) is 5.68. The predicted octanol–water partition coefficient (Wildman–Crippen LogP) is 0.573. The largest absolute Gasteiger partial charge is 0.399 e. The molecule has 1 heterocycles. The SMILES string of the molecule is CCN1CCN(C(C)CNS(=O)(=O)c2ccc(N)cc2)CC1. The van der Waals surface area contributed by atoms with Crippen molar-refractivity contribution >= 4 is 15.7 Å². The molecule has 1 saturated heterocycles. The van der Waals surface area contributed by atoms with Crippen LogP contribution in [0.5, 0.6) is 0 Å². The number of likely N-dealkylation sites (N-methyl/N-ethyl adjacent to an activating group) is 1. The number of nitrogens with zero attached hydrogens (tertiary/aromatic N) is 2. The summed E-state index contributed by atoms with van der Waals surface area (Å²) in [6, 6.07) is 6.44. The molecule has 2 rings (SSSR count). The molecule has 6 nitrogen and oxygen atoms in total. The molecule has 0 aliphatic carbocycles. The van der Waals surface area contributed by atoms with Gasteiger partial charge in [-0.3, -0.25) is 4.90 Å². The minimum Gasteiger partial charge on any atom is -0.399 e. The second-order valence-corrected chi connectivity index (χ2v) is 7.51. The van der Waals surface area contributed by atoms with Crippen molar-refractivity contribution in [2.24, 2.45) is 0 Å². The van der Waals surface area contributed by atoms with E-state index in [9.17, 15) is 8.42 Å². The smallest absolute Gasteiger partial charge is 0.240 e. The van der Waals surface area contributed by atoms with Gasteiger partial charge in [0.05, 0.1) is 4.90 Å². The number of hydrogen-bond acceptors (Lipinski definition) is 5. The molecule has 1 unspecified atom stereocenters. The van der Waals surface area contributed by atoms with Gasteiger partial charge in [-0.25, -0.2) is 13.1 Å². The van der Waals surface area contributed by atoms with E-state index < -0.39 is 10.0 Å². The van der Waals surface area contributed by atoms with Crippen molar-refractivity contribution in [2.45, 2.75) is 24.8 Å². The number of piperazine rings is 1. The number of hydrogen-bond donors (Lipinski definition) is 2. The maximum atomic E-state index is 12.3. The van der Waals surface area contributed by atoms with Crippen molar-refractivity contribution in [3.63, 3.8) is 0 Å². The fourth-order valence-corrected chi connectivity index (χ4v) is 3.73. The van der Waals surface area contributed by atoms with E-state index in [0.29, 0.717) is 12.2 Å². The lowest BCUT2D eigenvalue weighted by atomic mass is 10.2. The molecule has 0 aromatic heterocycles. The lowest BCUT2D eigenvalue weighted by Crippen LogP contribution is -2.52. The van der Waals surface area contributed by atoms with E-state index in [1.807, 2.05) is 0 Å². The molecule has 0 radical (unpaired) electrons. The maximum Gasteiger partial charge on any atom is 0.240 e. The van der Waals surface area contributed by atoms with Gasteiger partial charge in [-0.1, -0.05) is 6.92 Å². The second-order valence-electron chi connectivity index (χ2n) is 5.74. The Morgan fingerprint density at radius 3 is 2.32 bits per heavy atom. The van der Waals surface area contributed by atoms with Crippen LogP contribution in [0, 0.1) is 0 Å². The van der Waals surface area contributed by atoms with Crippen LogP contribution in [0.25, 0.3) is 0 Å². The molecular formula is C15H26N4O2S. The third-order valence-electron chi connectivity index (χ3n) is 4.24. The van der Waals surface area contributed by atoms with Crippen LogP contribution in [0.3, 0.4) is 0 Å². The van der Waals surface area contributed by atoms with Gasteiger partial charge >= 0.3 is 0 Å². The van der Waals surface area contributed by atoms with Crippen molar-refractivity contribution in [2.75, 3.05) is 45.0 Å². The van der Waals surface area contributed by atoms with Crippen LogP contribution in [0.2, 0.25) is 0 Å². The van der Waals surface area contributed by atoms with E-state index >= 15 is 0 Å². The summed E-state index contributed by atoms with van der Waals surface area (Å²) in [6.07, 6.45) is 0. The summed E-state index contributed by atoms with van der Waals surface area (Å²) >= 11 is 0. The average Bonchev–Trinajstić information content (AvgIpc) is 2.53. The van der Waals surface area contributed by atoms with Gasteiger partial charge in [0.25, 0.3) is 0 Å². The number of benzene rings is 1. The number of sulfonamides is 1. The van der Waals surface area contributed by atoms with E-state index in [0.717, 1.165) is 32.7 Å². The highest BCUT2D eigenvalue weighted by atomic mass is 32.2. The quantitative estimate of drug-likeness (QED) is 0.748. The fraction of sp³-hybridized carbons (Fsp3) is 0.600. The molecule has 0 spiro atoms. The molecule has 7 heteroatoms. The highest BCUT2D eigenvalue weighted by Gasteiger charge is 2.22. The standard InChI is InChI=1S/C15H26N4O2S/c1-3-18-8-10-19(11-9-18)13(2)12-17-22(20,21)15-6-4-14(16)5-7-15/h4-7,13,17H,3,8-12,16H2,1-2H3. The van der Waals surface area contributed by atoms with E-state index in [1.165, 1.54) is 12.1 Å². The molecule has 1 aliphatic rings. The first-order valence-electron chi connectivity index (χ1n) is 7.74. The number of anilines is 1. The highest BCUT2D eigenvalue weighted by molar-refractivity contribution is 7.89. The van der Waals surface area contributed by atoms with Gasteiger partial charge < -0.3 is 10.6 Å². The summed E-state index contributed by atoms with van der Waals surface area (Å²) in [5.41, 5.74) is 6.14. The Hall–Kier alpha value is -1.15. The maximum absolute atomic E-state index is 12.3. The van der Waals surface area contributed by atoms with E-state index in [2.05, 4.69) is 28.4 Å². The Bertz CT molecular complexity index is 566. The Labute approximate surface area is 133 Å². The molecular weight excluding hydrogens is 300 g/mol. The number of nitrogens with two attached hydrogens (primary N) is 1. The van der Waals surface area contributed by atoms with Crippen molar-refractivity contribution in [3.8, 4) is 0 Å². The summed E-state index contributed by atoms with van der Waals surface area (Å²) in [5, 5.41) is 0. The molecule has 1 atom stereocenters. The summed E-state index contributed by atoms with van der Waals surface area (Å²) < 4.78 is 27.2. The van der Waals surface area contributed by atoms with Crippen LogP contribution in [0.15, 0.2) is 29.2 Å². The molecule has 0 amide bonds. The molecule has 0 saturated carbocycles. The molecule has 0 bridgehead atoms.